The molecule has 0 saturated carbocycles. The van der Waals surface area contributed by atoms with E-state index in [1.165, 1.54) is 0 Å². The molecule has 5 rings (SSSR count). The minimum Gasteiger partial charge on any atom is -0.493 e. The fourth-order valence-electron chi connectivity index (χ4n) is 3.39. The normalized spacial score (nSPS) is 13.0. The first kappa shape index (κ1) is 19.9. The van der Waals surface area contributed by atoms with Gasteiger partial charge in [0.1, 0.15) is 17.9 Å². The number of methoxy groups -OCH3 is 1. The van der Waals surface area contributed by atoms with Gasteiger partial charge in [-0.25, -0.2) is 9.97 Å². The molecule has 32 heavy (non-hydrogen) atoms. The molecule has 2 heterocycles. The van der Waals surface area contributed by atoms with Gasteiger partial charge in [-0.2, -0.15) is 0 Å². The molecule has 1 aromatic heterocycles. The van der Waals surface area contributed by atoms with Gasteiger partial charge < -0.3 is 20.1 Å². The van der Waals surface area contributed by atoms with Crippen LogP contribution in [0.2, 0.25) is 0 Å². The van der Waals surface area contributed by atoms with E-state index in [1.807, 2.05) is 66.7 Å². The second-order valence-electron chi connectivity index (χ2n) is 7.48. The summed E-state index contributed by atoms with van der Waals surface area (Å²) in [5.41, 5.74) is 2.64. The maximum Gasteiger partial charge on any atom is 0.169 e. The van der Waals surface area contributed by atoms with Gasteiger partial charge in [0.05, 0.1) is 12.6 Å². The molecular weight excluding hydrogens is 400 g/mol. The Kier molecular flexibility index (Phi) is 5.56. The Morgan fingerprint density at radius 3 is 2.62 bits per heavy atom. The lowest BCUT2D eigenvalue weighted by Gasteiger charge is -2.21. The van der Waals surface area contributed by atoms with Gasteiger partial charge in [-0.3, -0.25) is 0 Å². The number of hydrogen-bond acceptors (Lipinski definition) is 6. The zero-order valence-corrected chi connectivity index (χ0v) is 17.6. The molecule has 1 saturated heterocycles. The zero-order chi connectivity index (χ0) is 21.8. The Balaban J connectivity index is 1.42. The third kappa shape index (κ3) is 4.34. The summed E-state index contributed by atoms with van der Waals surface area (Å²) in [5, 5.41) is 7.53. The molecule has 0 unspecified atom stereocenters. The lowest BCUT2D eigenvalue weighted by atomic mass is 10.0. The molecule has 0 spiro atoms. The molecule has 1 aliphatic rings. The van der Waals surface area contributed by atoms with E-state index in [1.54, 1.807) is 13.4 Å². The van der Waals surface area contributed by atoms with Crippen LogP contribution in [0.4, 0.5) is 11.5 Å². The average molecular weight is 422 g/mol. The minimum atomic E-state index is 0.430. The van der Waals surface area contributed by atoms with E-state index < -0.39 is 0 Å². The number of para-hydroxylation sites is 1. The van der Waals surface area contributed by atoms with Crippen LogP contribution in [0.3, 0.4) is 0 Å². The number of fused-ring (bicyclic) bond motifs is 1. The van der Waals surface area contributed by atoms with Gasteiger partial charge in [0, 0.05) is 41.7 Å². The van der Waals surface area contributed by atoms with E-state index in [4.69, 9.17) is 9.47 Å². The van der Waals surface area contributed by atoms with Gasteiger partial charge in [-0.15, -0.1) is 0 Å². The Morgan fingerprint density at radius 2 is 1.84 bits per heavy atom. The van der Waals surface area contributed by atoms with Crippen LogP contribution < -0.4 is 20.1 Å². The van der Waals surface area contributed by atoms with Gasteiger partial charge in [-0.1, -0.05) is 30.0 Å². The average Bonchev–Trinajstić information content (AvgIpc) is 2.80. The third-order valence-electron chi connectivity index (χ3n) is 5.23. The van der Waals surface area contributed by atoms with Crippen molar-refractivity contribution in [3.8, 4) is 29.1 Å². The van der Waals surface area contributed by atoms with E-state index in [9.17, 15) is 0 Å². The van der Waals surface area contributed by atoms with Crippen molar-refractivity contribution in [2.75, 3.05) is 25.5 Å². The summed E-state index contributed by atoms with van der Waals surface area (Å²) in [6.07, 6.45) is 1.56. The predicted octanol–water partition coefficient (Wildman–Crippen LogP) is 4.75. The van der Waals surface area contributed by atoms with E-state index in [-0.39, 0.29) is 0 Å². The van der Waals surface area contributed by atoms with E-state index in [2.05, 4.69) is 32.4 Å². The molecule has 4 aromatic rings. The smallest absolute Gasteiger partial charge is 0.169 e. The highest BCUT2D eigenvalue weighted by Gasteiger charge is 2.13. The summed E-state index contributed by atoms with van der Waals surface area (Å²) in [7, 11) is 1.62. The highest BCUT2D eigenvalue weighted by Crippen LogP contribution is 2.35. The van der Waals surface area contributed by atoms with Gasteiger partial charge in [0.15, 0.2) is 11.5 Å². The Morgan fingerprint density at radius 1 is 0.969 bits per heavy atom. The quantitative estimate of drug-likeness (QED) is 0.453. The number of nitrogens with zero attached hydrogens (tertiary/aromatic N) is 2. The second-order valence-corrected chi connectivity index (χ2v) is 7.48. The van der Waals surface area contributed by atoms with E-state index in [0.29, 0.717) is 23.2 Å². The first-order valence-corrected chi connectivity index (χ1v) is 10.4. The molecule has 0 atom stereocenters. The van der Waals surface area contributed by atoms with Crippen molar-refractivity contribution in [2.45, 2.75) is 0 Å². The van der Waals surface area contributed by atoms with Crippen LogP contribution in [-0.2, 0) is 0 Å². The van der Waals surface area contributed by atoms with Crippen LogP contribution in [0.1, 0.15) is 5.56 Å². The second kappa shape index (κ2) is 8.96. The van der Waals surface area contributed by atoms with Crippen molar-refractivity contribution in [3.05, 3.63) is 78.6 Å². The fraction of sp³-hybridized carbons (Fsp3) is 0.154. The van der Waals surface area contributed by atoms with Gasteiger partial charge in [0.25, 0.3) is 0 Å². The van der Waals surface area contributed by atoms with Crippen LogP contribution >= 0.6 is 0 Å². The molecule has 2 N–H and O–H groups in total. The fourth-order valence-corrected chi connectivity index (χ4v) is 3.39. The number of aromatic nitrogens is 2. The summed E-state index contributed by atoms with van der Waals surface area (Å²) in [4.78, 5) is 8.85. The topological polar surface area (TPSA) is 68.3 Å². The van der Waals surface area contributed by atoms with Crippen molar-refractivity contribution >= 4 is 22.4 Å². The molecule has 1 fully saturated rings. The standard InChI is InChI=1S/C26H22N4O2/c1-31-25-14-20(10-12-24(25)32-21-5-3-2-4-6-21)30-26-22-13-18(7-8-19-15-27-16-19)9-11-23(22)28-17-29-26/h2-6,9-14,17,19,27H,15-16H2,1H3,(H,28,29,30). The third-order valence-corrected chi connectivity index (χ3v) is 5.23. The lowest BCUT2D eigenvalue weighted by molar-refractivity contribution is 0.379. The van der Waals surface area contributed by atoms with Crippen molar-refractivity contribution in [1.82, 2.24) is 15.3 Å². The lowest BCUT2D eigenvalue weighted by Crippen LogP contribution is -2.40. The number of ether oxygens (including phenoxy) is 2. The molecule has 0 amide bonds. The maximum absolute atomic E-state index is 5.95. The van der Waals surface area contributed by atoms with E-state index in [0.717, 1.165) is 41.0 Å². The minimum absolute atomic E-state index is 0.430. The molecule has 1 aliphatic heterocycles. The van der Waals surface area contributed by atoms with Gasteiger partial charge >= 0.3 is 0 Å². The van der Waals surface area contributed by atoms with Crippen LogP contribution in [-0.4, -0.2) is 30.2 Å². The molecule has 0 bridgehead atoms. The molecule has 3 aromatic carbocycles. The Hall–Kier alpha value is -4.08. The number of nitrogens with one attached hydrogen (secondary N) is 2. The largest absolute Gasteiger partial charge is 0.493 e. The highest BCUT2D eigenvalue weighted by molar-refractivity contribution is 5.91. The van der Waals surface area contributed by atoms with Crippen molar-refractivity contribution in [2.24, 2.45) is 5.92 Å². The summed E-state index contributed by atoms with van der Waals surface area (Å²) in [6.45, 7) is 1.92. The van der Waals surface area contributed by atoms with Crippen molar-refractivity contribution < 1.29 is 9.47 Å². The van der Waals surface area contributed by atoms with Gasteiger partial charge in [0.2, 0.25) is 0 Å². The zero-order valence-electron chi connectivity index (χ0n) is 17.6. The number of rotatable bonds is 5. The molecular formula is C26H22N4O2. The summed E-state index contributed by atoms with van der Waals surface area (Å²) in [5.74, 6) is 9.73. The maximum atomic E-state index is 5.95. The highest BCUT2D eigenvalue weighted by atomic mass is 16.5. The predicted molar refractivity (Wildman–Crippen MR) is 126 cm³/mol. The van der Waals surface area contributed by atoms with Crippen LogP contribution in [0.5, 0.6) is 17.2 Å². The van der Waals surface area contributed by atoms with Crippen LogP contribution in [0, 0.1) is 17.8 Å². The number of hydrogen-bond donors (Lipinski definition) is 2. The molecule has 6 heteroatoms. The van der Waals surface area contributed by atoms with E-state index >= 15 is 0 Å². The van der Waals surface area contributed by atoms with Crippen LogP contribution in [0.25, 0.3) is 10.9 Å². The molecule has 0 radical (unpaired) electrons. The Bertz CT molecular complexity index is 1310. The first-order chi connectivity index (χ1) is 15.8. The summed E-state index contributed by atoms with van der Waals surface area (Å²) < 4.78 is 11.5. The number of anilines is 2. The van der Waals surface area contributed by atoms with Crippen molar-refractivity contribution in [3.63, 3.8) is 0 Å². The van der Waals surface area contributed by atoms with Gasteiger partial charge in [-0.05, 0) is 42.5 Å². The SMILES string of the molecule is COc1cc(Nc2ncnc3ccc(C#CC4CNC4)cc23)ccc1Oc1ccccc1. The van der Waals surface area contributed by atoms with Crippen LogP contribution in [0.15, 0.2) is 73.1 Å². The molecule has 0 aliphatic carbocycles. The summed E-state index contributed by atoms with van der Waals surface area (Å²) in [6, 6.07) is 21.3. The summed E-state index contributed by atoms with van der Waals surface area (Å²) >= 11 is 0. The molecule has 158 valence electrons. The number of benzene rings is 3. The first-order valence-electron chi connectivity index (χ1n) is 10.4. The molecule has 6 nitrogen and oxygen atoms in total. The Labute approximate surface area is 186 Å². The monoisotopic (exact) mass is 422 g/mol. The van der Waals surface area contributed by atoms with Crippen molar-refractivity contribution in [1.29, 1.82) is 0 Å².